The molecule has 2 unspecified atom stereocenters. The fourth-order valence-corrected chi connectivity index (χ4v) is 1.78. The molecule has 2 aliphatic heterocycles. The molecule has 0 aromatic carbocycles. The number of aliphatic hydroxyl groups excluding tert-OH is 1. The Balaban J connectivity index is 1.38. The van der Waals surface area contributed by atoms with Gasteiger partial charge in [-0.15, -0.1) is 0 Å². The molecule has 2 fully saturated rings. The lowest BCUT2D eigenvalue weighted by atomic mass is 10.0. The van der Waals surface area contributed by atoms with Crippen LogP contribution in [0.5, 0.6) is 0 Å². The highest BCUT2D eigenvalue weighted by Crippen LogP contribution is 2.20. The average molecular weight is 200 g/mol. The number of epoxide rings is 2. The molecule has 0 amide bonds. The van der Waals surface area contributed by atoms with Crippen molar-refractivity contribution in [2.24, 2.45) is 0 Å². The van der Waals surface area contributed by atoms with Gasteiger partial charge in [0.25, 0.3) is 0 Å². The first-order valence-corrected chi connectivity index (χ1v) is 5.76. The average Bonchev–Trinajstić information content (AvgIpc) is 2.99. The Morgan fingerprint density at radius 3 is 1.79 bits per heavy atom. The van der Waals surface area contributed by atoms with Crippen molar-refractivity contribution in [1.82, 2.24) is 0 Å². The van der Waals surface area contributed by atoms with E-state index in [0.717, 1.165) is 51.7 Å². The van der Waals surface area contributed by atoms with Gasteiger partial charge in [-0.25, -0.2) is 0 Å². The second kappa shape index (κ2) is 5.10. The highest BCUT2D eigenvalue weighted by Gasteiger charge is 2.23. The first kappa shape index (κ1) is 10.4. The third kappa shape index (κ3) is 4.40. The topological polar surface area (TPSA) is 45.3 Å². The zero-order valence-electron chi connectivity index (χ0n) is 8.65. The summed E-state index contributed by atoms with van der Waals surface area (Å²) in [4.78, 5) is 0. The van der Waals surface area contributed by atoms with Crippen molar-refractivity contribution in [3.63, 3.8) is 0 Å². The van der Waals surface area contributed by atoms with Gasteiger partial charge < -0.3 is 14.6 Å². The van der Waals surface area contributed by atoms with Crippen LogP contribution in [0.4, 0.5) is 0 Å². The second-order valence-corrected chi connectivity index (χ2v) is 4.43. The van der Waals surface area contributed by atoms with E-state index in [-0.39, 0.29) is 6.10 Å². The molecular formula is C11H20O3. The largest absolute Gasteiger partial charge is 0.393 e. The Morgan fingerprint density at radius 1 is 1.00 bits per heavy atom. The smallest absolute Gasteiger partial charge is 0.0810 e. The van der Waals surface area contributed by atoms with Crippen LogP contribution in [0.1, 0.15) is 38.5 Å². The Bertz CT molecular complexity index is 146. The first-order valence-electron chi connectivity index (χ1n) is 5.76. The summed E-state index contributed by atoms with van der Waals surface area (Å²) in [5.41, 5.74) is 0. The highest BCUT2D eigenvalue weighted by atomic mass is 16.6. The predicted molar refractivity (Wildman–Crippen MR) is 53.2 cm³/mol. The SMILES string of the molecule is OC(CCCC1CO1)CCCC1CO1. The summed E-state index contributed by atoms with van der Waals surface area (Å²) < 4.78 is 10.2. The summed E-state index contributed by atoms with van der Waals surface area (Å²) in [5.74, 6) is 0. The number of aliphatic hydroxyl groups is 1. The van der Waals surface area contributed by atoms with Gasteiger partial charge in [0.2, 0.25) is 0 Å². The van der Waals surface area contributed by atoms with Crippen LogP contribution in [0.3, 0.4) is 0 Å². The van der Waals surface area contributed by atoms with E-state index in [1.165, 1.54) is 0 Å². The summed E-state index contributed by atoms with van der Waals surface area (Å²) in [6, 6.07) is 0. The first-order chi connectivity index (χ1) is 6.84. The van der Waals surface area contributed by atoms with Gasteiger partial charge in [-0.3, -0.25) is 0 Å². The van der Waals surface area contributed by atoms with Crippen molar-refractivity contribution in [2.75, 3.05) is 13.2 Å². The van der Waals surface area contributed by atoms with Crippen LogP contribution in [-0.4, -0.2) is 36.6 Å². The summed E-state index contributed by atoms with van der Waals surface area (Å²) >= 11 is 0. The normalized spacial score (nSPS) is 31.5. The van der Waals surface area contributed by atoms with Crippen LogP contribution < -0.4 is 0 Å². The Hall–Kier alpha value is -0.120. The number of hydrogen-bond donors (Lipinski definition) is 1. The minimum absolute atomic E-state index is 0.104. The molecule has 2 rings (SSSR count). The van der Waals surface area contributed by atoms with Crippen LogP contribution in [0, 0.1) is 0 Å². The van der Waals surface area contributed by atoms with Crippen LogP contribution in [-0.2, 0) is 9.47 Å². The molecule has 82 valence electrons. The Morgan fingerprint density at radius 2 is 1.43 bits per heavy atom. The van der Waals surface area contributed by atoms with Gasteiger partial charge in [-0.05, 0) is 38.5 Å². The van der Waals surface area contributed by atoms with Crippen LogP contribution in [0.2, 0.25) is 0 Å². The van der Waals surface area contributed by atoms with Crippen LogP contribution in [0.15, 0.2) is 0 Å². The van der Waals surface area contributed by atoms with Crippen molar-refractivity contribution < 1.29 is 14.6 Å². The third-order valence-corrected chi connectivity index (χ3v) is 2.93. The zero-order valence-corrected chi connectivity index (χ0v) is 8.65. The summed E-state index contributed by atoms with van der Waals surface area (Å²) in [7, 11) is 0. The lowest BCUT2D eigenvalue weighted by Crippen LogP contribution is -2.07. The predicted octanol–water partition coefficient (Wildman–Crippen LogP) is 1.49. The van der Waals surface area contributed by atoms with Crippen molar-refractivity contribution in [1.29, 1.82) is 0 Å². The molecule has 0 bridgehead atoms. The number of hydrogen-bond acceptors (Lipinski definition) is 3. The Labute approximate surface area is 85.4 Å². The third-order valence-electron chi connectivity index (χ3n) is 2.93. The maximum absolute atomic E-state index is 9.63. The minimum Gasteiger partial charge on any atom is -0.393 e. The minimum atomic E-state index is -0.104. The van der Waals surface area contributed by atoms with Crippen molar-refractivity contribution in [2.45, 2.75) is 56.8 Å². The molecule has 1 N–H and O–H groups in total. The molecule has 2 atom stereocenters. The molecule has 2 aliphatic rings. The molecule has 3 heteroatoms. The molecular weight excluding hydrogens is 180 g/mol. The summed E-state index contributed by atoms with van der Waals surface area (Å²) in [6.07, 6.45) is 7.26. The lowest BCUT2D eigenvalue weighted by Gasteiger charge is -2.08. The molecule has 2 heterocycles. The molecule has 2 saturated heterocycles. The van der Waals surface area contributed by atoms with Gasteiger partial charge in [0.05, 0.1) is 31.5 Å². The van der Waals surface area contributed by atoms with Crippen molar-refractivity contribution >= 4 is 0 Å². The molecule has 0 saturated carbocycles. The second-order valence-electron chi connectivity index (χ2n) is 4.43. The molecule has 14 heavy (non-hydrogen) atoms. The molecule has 0 aliphatic carbocycles. The fraction of sp³-hybridized carbons (Fsp3) is 1.00. The van der Waals surface area contributed by atoms with Crippen molar-refractivity contribution in [3.05, 3.63) is 0 Å². The van der Waals surface area contributed by atoms with Gasteiger partial charge in [-0.2, -0.15) is 0 Å². The van der Waals surface area contributed by atoms with Gasteiger partial charge >= 0.3 is 0 Å². The number of rotatable bonds is 8. The van der Waals surface area contributed by atoms with Crippen molar-refractivity contribution in [3.8, 4) is 0 Å². The zero-order chi connectivity index (χ0) is 9.80. The Kier molecular flexibility index (Phi) is 3.79. The van der Waals surface area contributed by atoms with E-state index in [4.69, 9.17) is 9.47 Å². The molecule has 0 spiro atoms. The van der Waals surface area contributed by atoms with E-state index in [2.05, 4.69) is 0 Å². The van der Waals surface area contributed by atoms with Gasteiger partial charge in [-0.1, -0.05) is 0 Å². The van der Waals surface area contributed by atoms with E-state index >= 15 is 0 Å². The van der Waals surface area contributed by atoms with Gasteiger partial charge in [0.1, 0.15) is 0 Å². The monoisotopic (exact) mass is 200 g/mol. The molecule has 0 aromatic rings. The van der Waals surface area contributed by atoms with Crippen LogP contribution in [0.25, 0.3) is 0 Å². The summed E-state index contributed by atoms with van der Waals surface area (Å²) in [6.45, 7) is 1.88. The maximum Gasteiger partial charge on any atom is 0.0810 e. The molecule has 3 nitrogen and oxygen atoms in total. The summed E-state index contributed by atoms with van der Waals surface area (Å²) in [5, 5.41) is 9.63. The number of ether oxygens (including phenoxy) is 2. The lowest BCUT2D eigenvalue weighted by molar-refractivity contribution is 0.145. The van der Waals surface area contributed by atoms with Gasteiger partial charge in [0, 0.05) is 0 Å². The maximum atomic E-state index is 9.63. The van der Waals surface area contributed by atoms with Gasteiger partial charge in [0.15, 0.2) is 0 Å². The highest BCUT2D eigenvalue weighted by molar-refractivity contribution is 4.71. The quantitative estimate of drug-likeness (QED) is 0.604. The molecule has 0 radical (unpaired) electrons. The van der Waals surface area contributed by atoms with E-state index in [0.29, 0.717) is 12.2 Å². The fourth-order valence-electron chi connectivity index (χ4n) is 1.78. The van der Waals surface area contributed by atoms with Crippen LogP contribution >= 0.6 is 0 Å². The van der Waals surface area contributed by atoms with E-state index < -0.39 is 0 Å². The molecule has 0 aromatic heterocycles. The standard InChI is InChI=1S/C11H20O3/c12-9(3-1-5-10-7-13-10)4-2-6-11-8-14-11/h9-12H,1-8H2. The van der Waals surface area contributed by atoms with E-state index in [1.54, 1.807) is 0 Å². The van der Waals surface area contributed by atoms with E-state index in [9.17, 15) is 5.11 Å². The van der Waals surface area contributed by atoms with E-state index in [1.807, 2.05) is 0 Å².